The summed E-state index contributed by atoms with van der Waals surface area (Å²) in [4.78, 5) is 3.56. The Hall–Kier alpha value is -0.887. The van der Waals surface area contributed by atoms with Crippen LogP contribution in [0.4, 0.5) is 27.8 Å². The number of anilines is 1. The quantitative estimate of drug-likeness (QED) is 0.462. The van der Waals surface area contributed by atoms with E-state index < -0.39 is 17.8 Å². The van der Waals surface area contributed by atoms with Crippen molar-refractivity contribution in [2.45, 2.75) is 12.1 Å². The van der Waals surface area contributed by atoms with E-state index in [0.717, 1.165) is 17.3 Å². The van der Waals surface area contributed by atoms with Gasteiger partial charge in [-0.1, -0.05) is 6.08 Å². The van der Waals surface area contributed by atoms with E-state index in [4.69, 9.17) is 9.69 Å². The van der Waals surface area contributed by atoms with Gasteiger partial charge in [0.2, 0.25) is 0 Å². The Morgan fingerprint density at radius 1 is 1.26 bits per heavy atom. The van der Waals surface area contributed by atoms with Crippen LogP contribution in [-0.2, 0) is 24.4 Å². The van der Waals surface area contributed by atoms with Crippen molar-refractivity contribution < 1.29 is 39.3 Å². The number of allylic oxidation sites excluding steroid dienone is 1. The second-order valence-electron chi connectivity index (χ2n) is 3.38. The second-order valence-corrected chi connectivity index (χ2v) is 3.38. The van der Waals surface area contributed by atoms with Crippen molar-refractivity contribution >= 4 is 21.6 Å². The Morgan fingerprint density at radius 3 is 2.37 bits per heavy atom. The van der Waals surface area contributed by atoms with Gasteiger partial charge in [0.05, 0.1) is 5.70 Å². The number of imidazole rings is 1. The molecule has 0 atom stereocenters. The summed E-state index contributed by atoms with van der Waals surface area (Å²) < 4.78 is 63.6. The van der Waals surface area contributed by atoms with Crippen LogP contribution in [0, 0.1) is 6.33 Å². The van der Waals surface area contributed by atoms with E-state index in [0.29, 0.717) is 6.08 Å². The van der Waals surface area contributed by atoms with E-state index in [1.165, 1.54) is 11.6 Å². The van der Waals surface area contributed by atoms with Gasteiger partial charge in [-0.2, -0.15) is 22.0 Å². The van der Waals surface area contributed by atoms with Crippen LogP contribution in [0.2, 0.25) is 0 Å². The van der Waals surface area contributed by atoms with Gasteiger partial charge >= 0.3 is 39.1 Å². The first-order chi connectivity index (χ1) is 8.73. The molecule has 2 N–H and O–H groups in total. The number of alkyl halides is 5. The summed E-state index contributed by atoms with van der Waals surface area (Å²) in [6, 6.07) is 0. The number of rotatable bonds is 1. The van der Waals surface area contributed by atoms with E-state index in [1.54, 1.807) is 0 Å². The molecule has 0 saturated heterocycles. The molecule has 0 saturated carbocycles. The summed E-state index contributed by atoms with van der Waals surface area (Å²) in [5.74, 6) is -4.71. The van der Waals surface area contributed by atoms with Crippen LogP contribution < -0.4 is 10.9 Å². The normalized spacial score (nSPS) is 14.5. The molecule has 0 aromatic carbocycles. The molecule has 11 heteroatoms. The fourth-order valence-electron chi connectivity index (χ4n) is 1.27. The van der Waals surface area contributed by atoms with Crippen LogP contribution in [0.5, 0.6) is 0 Å². The first kappa shape index (κ1) is 16.2. The molecule has 1 aromatic heterocycles. The number of nitrogens with one attached hydrogen (secondary N) is 2. The van der Waals surface area contributed by atoms with Gasteiger partial charge in [0, 0.05) is 6.33 Å². The van der Waals surface area contributed by atoms with Gasteiger partial charge in [0.25, 0.3) is 0 Å². The number of hydrazine groups is 1. The van der Waals surface area contributed by atoms with Crippen LogP contribution in [-0.4, -0.2) is 21.6 Å². The third kappa shape index (κ3) is 3.00. The molecule has 0 unspecified atom stereocenters. The molecule has 0 aliphatic carbocycles. The van der Waals surface area contributed by atoms with Crippen molar-refractivity contribution in [1.82, 2.24) is 15.0 Å². The Balaban J connectivity index is 0.000000861. The van der Waals surface area contributed by atoms with Crippen molar-refractivity contribution in [3.63, 3.8) is 0 Å². The predicted octanol–water partition coefficient (Wildman–Crippen LogP) is 2.38. The Bertz CT molecular complexity index is 484. The SMILES string of the molecule is Cn1[c-]nc2c1NNC(C(F)(F)C(F)(F)F)=C2.[Cl][Zn+]. The summed E-state index contributed by atoms with van der Waals surface area (Å²) in [6.45, 7) is 0. The fourth-order valence-corrected chi connectivity index (χ4v) is 1.27. The summed E-state index contributed by atoms with van der Waals surface area (Å²) in [5, 5.41) is 0. The second kappa shape index (κ2) is 5.62. The molecule has 1 aromatic rings. The molecular formula is C8H6ClF5N4Zn. The number of hydrogen-bond acceptors (Lipinski definition) is 3. The van der Waals surface area contributed by atoms with Crippen molar-refractivity contribution in [3.05, 3.63) is 17.7 Å². The number of hydrogen-bond donors (Lipinski definition) is 2. The predicted molar refractivity (Wildman–Crippen MR) is 53.6 cm³/mol. The van der Waals surface area contributed by atoms with Gasteiger partial charge in [0.15, 0.2) is 0 Å². The van der Waals surface area contributed by atoms with E-state index in [-0.39, 0.29) is 11.5 Å². The number of aromatic nitrogens is 2. The number of halogens is 6. The van der Waals surface area contributed by atoms with E-state index >= 15 is 0 Å². The average Bonchev–Trinajstić information content (AvgIpc) is 2.72. The molecule has 0 spiro atoms. The molecule has 1 aliphatic heterocycles. The van der Waals surface area contributed by atoms with E-state index in [9.17, 15) is 22.0 Å². The molecule has 2 rings (SSSR count). The average molecular weight is 354 g/mol. The molecule has 1 aliphatic rings. The van der Waals surface area contributed by atoms with E-state index in [1.807, 2.05) is 5.43 Å². The molecule has 19 heavy (non-hydrogen) atoms. The molecule has 2 heterocycles. The van der Waals surface area contributed by atoms with Gasteiger partial charge in [0.1, 0.15) is 0 Å². The third-order valence-corrected chi connectivity index (χ3v) is 2.19. The molecule has 0 amide bonds. The summed E-state index contributed by atoms with van der Waals surface area (Å²) in [5.41, 5.74) is 2.68. The van der Waals surface area contributed by atoms with Crippen molar-refractivity contribution in [3.8, 4) is 0 Å². The van der Waals surface area contributed by atoms with Gasteiger partial charge < -0.3 is 20.4 Å². The Labute approximate surface area is 118 Å². The topological polar surface area (TPSA) is 41.9 Å². The molecule has 0 fully saturated rings. The maximum absolute atomic E-state index is 13.0. The summed E-state index contributed by atoms with van der Waals surface area (Å²) in [6.07, 6.45) is -2.65. The first-order valence-electron chi connectivity index (χ1n) is 4.63. The van der Waals surface area contributed by atoms with Crippen LogP contribution >= 0.6 is 9.69 Å². The fraction of sp³-hybridized carbons (Fsp3) is 0.375. The summed E-state index contributed by atoms with van der Waals surface area (Å²) >= 11 is 0.847. The molecule has 0 radical (unpaired) electrons. The molecular weight excluding hydrogens is 348 g/mol. The van der Waals surface area contributed by atoms with Crippen molar-refractivity contribution in [2.24, 2.45) is 7.05 Å². The van der Waals surface area contributed by atoms with Gasteiger partial charge in [-0.15, -0.1) is 0 Å². The minimum atomic E-state index is -5.66. The van der Waals surface area contributed by atoms with Crippen molar-refractivity contribution in [2.75, 3.05) is 5.43 Å². The van der Waals surface area contributed by atoms with Crippen LogP contribution in [0.25, 0.3) is 6.08 Å². The number of aryl methyl sites for hydroxylation is 1. The molecule has 0 bridgehead atoms. The van der Waals surface area contributed by atoms with Crippen LogP contribution in [0.1, 0.15) is 5.69 Å². The van der Waals surface area contributed by atoms with E-state index in [2.05, 4.69) is 16.7 Å². The monoisotopic (exact) mass is 352 g/mol. The minimum absolute atomic E-state index is 0.0369. The first-order valence-corrected chi connectivity index (χ1v) is 8.53. The number of fused-ring (bicyclic) bond motifs is 1. The van der Waals surface area contributed by atoms with Crippen molar-refractivity contribution in [1.29, 1.82) is 0 Å². The molecule has 102 valence electrons. The van der Waals surface area contributed by atoms with Gasteiger partial charge in [-0.05, 0) is 18.6 Å². The van der Waals surface area contributed by atoms with Gasteiger partial charge in [-0.25, -0.2) is 0 Å². The summed E-state index contributed by atoms with van der Waals surface area (Å²) in [7, 11) is 6.28. The zero-order chi connectivity index (χ0) is 14.8. The Morgan fingerprint density at radius 2 is 1.84 bits per heavy atom. The Kier molecular flexibility index (Phi) is 4.78. The van der Waals surface area contributed by atoms with Crippen LogP contribution in [0.15, 0.2) is 5.70 Å². The standard InChI is InChI=1S/C8H6F5N4.ClH.Zn/c1-17-3-14-4-2-5(15-16-6(4)17)7(9,10)8(11,12)13;;/h2,15-16H,1H3;1H;/q-1;;+2/p-1. The number of nitrogens with zero attached hydrogens (tertiary/aromatic N) is 2. The zero-order valence-electron chi connectivity index (χ0n) is 9.45. The third-order valence-electron chi connectivity index (χ3n) is 2.19. The maximum atomic E-state index is 13.0. The zero-order valence-corrected chi connectivity index (χ0v) is 13.2. The van der Waals surface area contributed by atoms with Crippen LogP contribution in [0.3, 0.4) is 0 Å². The molecule has 4 nitrogen and oxygen atoms in total. The van der Waals surface area contributed by atoms with Gasteiger partial charge in [-0.3, -0.25) is 0 Å².